The number of fused-ring (bicyclic) bond motifs is 4. The van der Waals surface area contributed by atoms with E-state index in [-0.39, 0.29) is 16.1 Å². The molecule has 0 amide bonds. The third kappa shape index (κ3) is 3.08. The molecule has 4 fully saturated rings. The van der Waals surface area contributed by atoms with Crippen LogP contribution in [0.4, 0.5) is 15.1 Å². The number of hydrogen-bond acceptors (Lipinski definition) is 9. The second-order valence-electron chi connectivity index (χ2n) is 12.2. The molecular weight excluding hydrogens is 575 g/mol. The zero-order valence-corrected chi connectivity index (χ0v) is 24.5. The summed E-state index contributed by atoms with van der Waals surface area (Å²) >= 11 is 8.46. The molecule has 0 bridgehead atoms. The second kappa shape index (κ2) is 8.68. The van der Waals surface area contributed by atoms with Crippen molar-refractivity contribution < 1.29 is 13.9 Å². The molecule has 2 aromatic heterocycles. The van der Waals surface area contributed by atoms with Crippen LogP contribution in [-0.2, 0) is 18.0 Å². The Bertz CT molecular complexity index is 1890. The topological polar surface area (TPSA) is 99.7 Å². The van der Waals surface area contributed by atoms with E-state index in [1.54, 1.807) is 6.07 Å². The van der Waals surface area contributed by atoms with Crippen LogP contribution in [0.15, 0.2) is 18.2 Å². The maximum Gasteiger partial charge on any atom is 0.216 e. The summed E-state index contributed by atoms with van der Waals surface area (Å²) in [5.74, 6) is 0.139. The van der Waals surface area contributed by atoms with Crippen LogP contribution in [0.3, 0.4) is 0 Å². The quantitative estimate of drug-likeness (QED) is 0.323. The first-order valence-corrected chi connectivity index (χ1v) is 15.6. The summed E-state index contributed by atoms with van der Waals surface area (Å²) in [6.07, 6.45) is 3.45. The fraction of sp³-hybridized carbons (Fsp3) is 0.419. The van der Waals surface area contributed by atoms with E-state index in [0.29, 0.717) is 70.0 Å². The molecule has 4 unspecified atom stereocenters. The molecule has 4 aliphatic heterocycles. The van der Waals surface area contributed by atoms with E-state index >= 15 is 0 Å². The van der Waals surface area contributed by atoms with Crippen LogP contribution < -0.4 is 20.7 Å². The highest BCUT2D eigenvalue weighted by atomic mass is 35.5. The number of piperidine rings is 1. The second-order valence-corrected chi connectivity index (χ2v) is 13.7. The first kappa shape index (κ1) is 25.3. The lowest BCUT2D eigenvalue weighted by atomic mass is 9.53. The van der Waals surface area contributed by atoms with E-state index in [9.17, 15) is 9.65 Å². The van der Waals surface area contributed by atoms with Crippen molar-refractivity contribution in [3.8, 4) is 23.1 Å². The van der Waals surface area contributed by atoms with Crippen molar-refractivity contribution in [2.45, 2.75) is 56.1 Å². The molecule has 1 aliphatic carbocycles. The molecule has 42 heavy (non-hydrogen) atoms. The van der Waals surface area contributed by atoms with Crippen molar-refractivity contribution in [3.63, 3.8) is 0 Å². The summed E-state index contributed by atoms with van der Waals surface area (Å²) in [4.78, 5) is 9.86. The summed E-state index contributed by atoms with van der Waals surface area (Å²) < 4.78 is 27.8. The van der Waals surface area contributed by atoms with Gasteiger partial charge in [-0.25, -0.2) is 9.37 Å². The summed E-state index contributed by atoms with van der Waals surface area (Å²) in [5.41, 5.74) is 11.8. The predicted molar refractivity (Wildman–Crippen MR) is 162 cm³/mol. The Labute approximate surface area is 250 Å². The van der Waals surface area contributed by atoms with Gasteiger partial charge in [0.2, 0.25) is 5.88 Å². The van der Waals surface area contributed by atoms with E-state index in [0.717, 1.165) is 65.0 Å². The number of nitrogens with two attached hydrogens (primary N) is 1. The predicted octanol–water partition coefficient (Wildman–Crippen LogP) is 5.17. The normalized spacial score (nSPS) is 27.4. The number of nitriles is 1. The van der Waals surface area contributed by atoms with Crippen LogP contribution >= 0.6 is 22.9 Å². The number of thiophene rings is 1. The number of likely N-dealkylation sites (tertiary alicyclic amines) is 1. The molecule has 3 saturated heterocycles. The maximum absolute atomic E-state index is 15.0. The van der Waals surface area contributed by atoms with Gasteiger partial charge in [0.1, 0.15) is 23.5 Å². The third-order valence-corrected chi connectivity index (χ3v) is 11.9. The van der Waals surface area contributed by atoms with Crippen LogP contribution in [0, 0.1) is 17.1 Å². The van der Waals surface area contributed by atoms with Gasteiger partial charge in [0.15, 0.2) is 0 Å². The van der Waals surface area contributed by atoms with Crippen molar-refractivity contribution in [3.05, 3.63) is 45.7 Å². The Morgan fingerprint density at radius 3 is 2.81 bits per heavy atom. The Morgan fingerprint density at radius 2 is 2.14 bits per heavy atom. The number of benzene rings is 2. The minimum Gasteiger partial charge on any atom is -0.476 e. The van der Waals surface area contributed by atoms with Crippen LogP contribution in [0.25, 0.3) is 32.1 Å². The van der Waals surface area contributed by atoms with Gasteiger partial charge in [-0.3, -0.25) is 4.90 Å². The van der Waals surface area contributed by atoms with E-state index in [4.69, 9.17) is 31.8 Å². The number of nitrogens with one attached hydrogen (secondary N) is 1. The van der Waals surface area contributed by atoms with Crippen LogP contribution in [0.2, 0.25) is 5.02 Å². The van der Waals surface area contributed by atoms with Gasteiger partial charge in [-0.15, -0.1) is 11.3 Å². The van der Waals surface area contributed by atoms with Gasteiger partial charge in [0.25, 0.3) is 0 Å². The summed E-state index contributed by atoms with van der Waals surface area (Å²) in [5, 5.41) is 15.9. The number of halogens is 2. The lowest BCUT2D eigenvalue weighted by molar-refractivity contribution is -0.0514. The average molecular weight is 603 g/mol. The van der Waals surface area contributed by atoms with Gasteiger partial charge in [-0.05, 0) is 55.6 Å². The molecule has 0 radical (unpaired) electrons. The molecule has 2 aromatic carbocycles. The first-order valence-electron chi connectivity index (χ1n) is 14.4. The minimum absolute atomic E-state index is 0.237. The number of nitrogens with zero attached hydrogens (tertiary/aromatic N) is 4. The molecule has 1 spiro atoms. The molecule has 6 heterocycles. The zero-order chi connectivity index (χ0) is 28.5. The van der Waals surface area contributed by atoms with Crippen molar-refractivity contribution >= 4 is 54.6 Å². The smallest absolute Gasteiger partial charge is 0.216 e. The van der Waals surface area contributed by atoms with E-state index in [1.807, 2.05) is 0 Å². The fourth-order valence-electron chi connectivity index (χ4n) is 7.96. The highest BCUT2D eigenvalue weighted by molar-refractivity contribution is 7.23. The summed E-state index contributed by atoms with van der Waals surface area (Å²) in [6, 6.07) is 8.65. The molecule has 8 nitrogen and oxygen atoms in total. The van der Waals surface area contributed by atoms with Crippen molar-refractivity contribution in [1.82, 2.24) is 15.2 Å². The first-order chi connectivity index (χ1) is 20.4. The molecule has 3 N–H and O–H groups in total. The molecule has 4 aromatic rings. The number of hydrogen-bond donors (Lipinski definition) is 2. The average Bonchev–Trinajstić information content (AvgIpc) is 3.56. The van der Waals surface area contributed by atoms with Crippen LogP contribution in [0.1, 0.15) is 36.0 Å². The van der Waals surface area contributed by atoms with Crippen molar-refractivity contribution in [1.29, 1.82) is 5.26 Å². The molecular formula is C31H28ClFN6O2S. The standard InChI is InChI=1S/C31H28ClFN6O2S/c1-38-7-5-14(38)11-41-23-8-20(39-21-4-6-31(21)22(39)10-36-31)26-18-13-40-12-17(18)24(27(32)28(26)37-23)15-2-3-19(33)29-25(15)16(9-34)30(35)42-29/h2-3,8,14,21-22,36H,4-7,10-13,35H2,1H3. The van der Waals surface area contributed by atoms with E-state index in [2.05, 4.69) is 34.3 Å². The van der Waals surface area contributed by atoms with Crippen molar-refractivity contribution in [2.75, 3.05) is 37.4 Å². The summed E-state index contributed by atoms with van der Waals surface area (Å²) in [7, 11) is 2.11. The number of ether oxygens (including phenoxy) is 2. The monoisotopic (exact) mass is 602 g/mol. The molecule has 5 aliphatic rings. The number of rotatable bonds is 5. The van der Waals surface area contributed by atoms with Crippen LogP contribution in [-0.4, -0.2) is 60.3 Å². The van der Waals surface area contributed by atoms with Gasteiger partial charge in [0, 0.05) is 41.0 Å². The molecule has 1 saturated carbocycles. The van der Waals surface area contributed by atoms with Gasteiger partial charge >= 0.3 is 0 Å². The number of aromatic nitrogens is 1. The highest BCUT2D eigenvalue weighted by Crippen LogP contribution is 2.59. The van der Waals surface area contributed by atoms with Gasteiger partial charge in [-0.1, -0.05) is 17.7 Å². The van der Waals surface area contributed by atoms with Crippen LogP contribution in [0.5, 0.6) is 5.88 Å². The zero-order valence-electron chi connectivity index (χ0n) is 23.0. The third-order valence-electron chi connectivity index (χ3n) is 10.5. The van der Waals surface area contributed by atoms with E-state index in [1.165, 1.54) is 12.5 Å². The number of piperazine rings is 1. The Balaban J connectivity index is 1.29. The largest absolute Gasteiger partial charge is 0.476 e. The number of anilines is 2. The molecule has 11 heteroatoms. The Hall–Kier alpha value is -3.20. The van der Waals surface area contributed by atoms with E-state index < -0.39 is 5.82 Å². The highest BCUT2D eigenvalue weighted by Gasteiger charge is 2.71. The lowest BCUT2D eigenvalue weighted by Crippen LogP contribution is -2.96. The number of pyridine rings is 1. The lowest BCUT2D eigenvalue weighted by Gasteiger charge is -2.77. The van der Waals surface area contributed by atoms with Gasteiger partial charge in [-0.2, -0.15) is 5.26 Å². The number of nitrogen functional groups attached to an aromatic ring is 1. The van der Waals surface area contributed by atoms with Crippen molar-refractivity contribution in [2.24, 2.45) is 0 Å². The van der Waals surface area contributed by atoms with Gasteiger partial charge in [0.05, 0.1) is 51.3 Å². The van der Waals surface area contributed by atoms with Gasteiger partial charge < -0.3 is 25.4 Å². The maximum atomic E-state index is 15.0. The Morgan fingerprint density at radius 1 is 1.29 bits per heavy atom. The summed E-state index contributed by atoms with van der Waals surface area (Å²) in [6.45, 7) is 3.37. The fourth-order valence-corrected chi connectivity index (χ4v) is 9.26. The molecule has 214 valence electrons. The number of likely N-dealkylation sites (N-methyl/N-ethyl adjacent to an activating group) is 1. The molecule has 4 atom stereocenters. The SMILES string of the molecule is CN1CCC1COc1cc(N2C3CCC34NCC24)c2c3c(c(-c4ccc(F)c5sc(N)c(C#N)c45)c(Cl)c2n1)COC3. The molecule has 9 rings (SSSR count). The minimum atomic E-state index is -0.412. The Kier molecular flexibility index (Phi) is 5.23.